The molecule has 3 heterocycles. The minimum absolute atomic E-state index is 0.0102. The highest BCUT2D eigenvalue weighted by molar-refractivity contribution is 6.33. The van der Waals surface area contributed by atoms with E-state index in [2.05, 4.69) is 38.3 Å². The number of nitrogens with one attached hydrogen (secondary N) is 4. The van der Waals surface area contributed by atoms with Crippen LogP contribution in [-0.2, 0) is 11.3 Å². The van der Waals surface area contributed by atoms with Crippen molar-refractivity contribution >= 4 is 40.7 Å². The van der Waals surface area contributed by atoms with E-state index in [1.165, 1.54) is 0 Å². The standard InChI is InChI=1S/C26H29Cl2N7O2/c1-33-10-12-34(13-11-33)26(37)17-2-5-20(6-3-17)30-25(36)22-15-23-24(32-31-22)29-8-9-35(23)16-18-14-19(27)4-7-21(18)28/h2-7,14-15,29,31-32H,8-13,16H2,1H3,(H,30,36). The van der Waals surface area contributed by atoms with E-state index in [0.29, 0.717) is 46.6 Å². The summed E-state index contributed by atoms with van der Waals surface area (Å²) in [5.74, 6) is 0.493. The first-order valence-corrected chi connectivity index (χ1v) is 12.9. The third kappa shape index (κ3) is 5.79. The van der Waals surface area contributed by atoms with E-state index in [0.717, 1.165) is 43.3 Å². The van der Waals surface area contributed by atoms with Crippen LogP contribution in [0.3, 0.4) is 0 Å². The van der Waals surface area contributed by atoms with Gasteiger partial charge >= 0.3 is 0 Å². The van der Waals surface area contributed by atoms with Gasteiger partial charge in [-0.15, -0.1) is 0 Å². The van der Waals surface area contributed by atoms with Crippen molar-refractivity contribution < 1.29 is 9.59 Å². The van der Waals surface area contributed by atoms with Crippen molar-refractivity contribution in [2.24, 2.45) is 0 Å². The Morgan fingerprint density at radius 2 is 1.73 bits per heavy atom. The number of benzene rings is 2. The second-order valence-electron chi connectivity index (χ2n) is 9.28. The van der Waals surface area contributed by atoms with E-state index in [9.17, 15) is 9.59 Å². The molecule has 194 valence electrons. The predicted molar refractivity (Wildman–Crippen MR) is 145 cm³/mol. The molecule has 3 aliphatic heterocycles. The molecule has 1 saturated heterocycles. The van der Waals surface area contributed by atoms with Crippen molar-refractivity contribution in [3.63, 3.8) is 0 Å². The highest BCUT2D eigenvalue weighted by Crippen LogP contribution is 2.26. The van der Waals surface area contributed by atoms with Gasteiger partial charge in [0.05, 0.1) is 5.70 Å². The Morgan fingerprint density at radius 1 is 0.973 bits per heavy atom. The van der Waals surface area contributed by atoms with Crippen molar-refractivity contribution in [1.82, 2.24) is 30.9 Å². The predicted octanol–water partition coefficient (Wildman–Crippen LogP) is 2.59. The molecular formula is C26H29Cl2N7O2. The molecule has 11 heteroatoms. The number of piperazine rings is 1. The van der Waals surface area contributed by atoms with Crippen LogP contribution in [0, 0.1) is 0 Å². The highest BCUT2D eigenvalue weighted by Gasteiger charge is 2.26. The lowest BCUT2D eigenvalue weighted by Gasteiger charge is -2.36. The second kappa shape index (κ2) is 10.9. The Morgan fingerprint density at radius 3 is 2.49 bits per heavy atom. The Bertz CT molecular complexity index is 1250. The maximum absolute atomic E-state index is 13.0. The number of rotatable bonds is 5. The second-order valence-corrected chi connectivity index (χ2v) is 10.1. The van der Waals surface area contributed by atoms with Gasteiger partial charge in [0.2, 0.25) is 0 Å². The van der Waals surface area contributed by atoms with E-state index in [1.807, 2.05) is 11.0 Å². The minimum atomic E-state index is -0.302. The number of anilines is 1. The van der Waals surface area contributed by atoms with Gasteiger partial charge in [-0.3, -0.25) is 20.4 Å². The third-order valence-corrected chi connectivity index (χ3v) is 7.28. The van der Waals surface area contributed by atoms with E-state index < -0.39 is 0 Å². The maximum Gasteiger partial charge on any atom is 0.273 e. The first-order chi connectivity index (χ1) is 17.9. The molecule has 0 atom stereocenters. The Hall–Kier alpha value is -3.40. The summed E-state index contributed by atoms with van der Waals surface area (Å²) in [4.78, 5) is 32.0. The summed E-state index contributed by atoms with van der Waals surface area (Å²) in [5.41, 5.74) is 9.37. The zero-order chi connectivity index (χ0) is 25.9. The summed E-state index contributed by atoms with van der Waals surface area (Å²) in [6.45, 7) is 5.19. The van der Waals surface area contributed by atoms with E-state index in [4.69, 9.17) is 23.2 Å². The smallest absolute Gasteiger partial charge is 0.273 e. The van der Waals surface area contributed by atoms with Crippen LogP contribution in [-0.4, -0.2) is 72.8 Å². The fourth-order valence-electron chi connectivity index (χ4n) is 4.50. The lowest BCUT2D eigenvalue weighted by Crippen LogP contribution is -2.50. The van der Waals surface area contributed by atoms with Crippen molar-refractivity contribution in [1.29, 1.82) is 0 Å². The lowest BCUT2D eigenvalue weighted by molar-refractivity contribution is -0.113. The van der Waals surface area contributed by atoms with Crippen LogP contribution in [0.5, 0.6) is 0 Å². The quantitative estimate of drug-likeness (QED) is 0.462. The Kier molecular flexibility index (Phi) is 7.45. The molecule has 0 aliphatic carbocycles. The van der Waals surface area contributed by atoms with Crippen LogP contribution in [0.1, 0.15) is 15.9 Å². The summed E-state index contributed by atoms with van der Waals surface area (Å²) in [5, 5.41) is 7.47. The van der Waals surface area contributed by atoms with Gasteiger partial charge in [0.1, 0.15) is 11.5 Å². The zero-order valence-electron chi connectivity index (χ0n) is 20.5. The first kappa shape index (κ1) is 25.3. The topological polar surface area (TPSA) is 92.0 Å². The number of hydrazine groups is 1. The molecule has 0 spiro atoms. The summed E-state index contributed by atoms with van der Waals surface area (Å²) < 4.78 is 0. The molecular weight excluding hydrogens is 513 g/mol. The number of carbonyl (C=O) groups excluding carboxylic acids is 2. The molecule has 0 unspecified atom stereocenters. The number of nitrogens with zero attached hydrogens (tertiary/aromatic N) is 3. The van der Waals surface area contributed by atoms with Gasteiger partial charge in [0, 0.05) is 67.1 Å². The molecule has 2 aromatic carbocycles. The van der Waals surface area contributed by atoms with Crippen LogP contribution in [0.4, 0.5) is 5.69 Å². The van der Waals surface area contributed by atoms with Gasteiger partial charge in [0.25, 0.3) is 11.8 Å². The van der Waals surface area contributed by atoms with Gasteiger partial charge in [-0.25, -0.2) is 0 Å². The number of likely N-dealkylation sites (N-methyl/N-ethyl adjacent to an activating group) is 1. The summed E-state index contributed by atoms with van der Waals surface area (Å²) >= 11 is 12.6. The van der Waals surface area contributed by atoms with Crippen molar-refractivity contribution in [2.75, 3.05) is 51.6 Å². The molecule has 0 radical (unpaired) electrons. The maximum atomic E-state index is 13.0. The highest BCUT2D eigenvalue weighted by atomic mass is 35.5. The van der Waals surface area contributed by atoms with Crippen LogP contribution < -0.4 is 21.5 Å². The van der Waals surface area contributed by atoms with E-state index >= 15 is 0 Å². The Labute approximate surface area is 226 Å². The van der Waals surface area contributed by atoms with Gasteiger partial charge in [-0.1, -0.05) is 23.2 Å². The van der Waals surface area contributed by atoms with Crippen molar-refractivity contribution in [2.45, 2.75) is 6.54 Å². The molecule has 0 aromatic heterocycles. The monoisotopic (exact) mass is 541 g/mol. The van der Waals surface area contributed by atoms with Gasteiger partial charge in [0.15, 0.2) is 0 Å². The molecule has 5 rings (SSSR count). The number of allylic oxidation sites excluding steroid dienone is 1. The van der Waals surface area contributed by atoms with Crippen LogP contribution in [0.25, 0.3) is 0 Å². The van der Waals surface area contributed by atoms with Gasteiger partial charge in [-0.2, -0.15) is 0 Å². The number of amides is 2. The zero-order valence-corrected chi connectivity index (χ0v) is 22.0. The Balaban J connectivity index is 1.26. The summed E-state index contributed by atoms with van der Waals surface area (Å²) in [6, 6.07) is 12.4. The number of hydrogen-bond donors (Lipinski definition) is 4. The molecule has 2 amide bonds. The summed E-state index contributed by atoms with van der Waals surface area (Å²) in [7, 11) is 2.06. The number of carbonyl (C=O) groups is 2. The van der Waals surface area contributed by atoms with Crippen LogP contribution >= 0.6 is 23.2 Å². The lowest BCUT2D eigenvalue weighted by atomic mass is 10.1. The molecule has 4 N–H and O–H groups in total. The fraction of sp³-hybridized carbons (Fsp3) is 0.308. The minimum Gasteiger partial charge on any atom is -0.367 e. The normalized spacial score (nSPS) is 17.8. The fourth-order valence-corrected chi connectivity index (χ4v) is 4.87. The SMILES string of the molecule is CN1CCN(C(=O)c2ccc(NC(=O)C3=CC4=C(NCCN4Cc4cc(Cl)ccc4Cl)NN3)cc2)CC1. The molecule has 2 aromatic rings. The molecule has 1 fully saturated rings. The van der Waals surface area contributed by atoms with Crippen molar-refractivity contribution in [3.8, 4) is 0 Å². The average Bonchev–Trinajstić information content (AvgIpc) is 2.91. The average molecular weight is 542 g/mol. The van der Waals surface area contributed by atoms with E-state index in [-0.39, 0.29) is 11.8 Å². The molecule has 0 bridgehead atoms. The van der Waals surface area contributed by atoms with Crippen molar-refractivity contribution in [3.05, 3.63) is 86.9 Å². The van der Waals surface area contributed by atoms with Crippen LogP contribution in [0.15, 0.2) is 65.8 Å². The third-order valence-electron chi connectivity index (χ3n) is 6.68. The van der Waals surface area contributed by atoms with Gasteiger partial charge in [-0.05, 0) is 61.2 Å². The number of hydrogen-bond acceptors (Lipinski definition) is 7. The molecule has 37 heavy (non-hydrogen) atoms. The molecule has 3 aliphatic rings. The first-order valence-electron chi connectivity index (χ1n) is 12.2. The van der Waals surface area contributed by atoms with Gasteiger partial charge < -0.3 is 25.3 Å². The summed E-state index contributed by atoms with van der Waals surface area (Å²) in [6.07, 6.45) is 1.80. The number of halogens is 2. The molecule has 9 nitrogen and oxygen atoms in total. The molecule has 0 saturated carbocycles. The van der Waals surface area contributed by atoms with E-state index in [1.54, 1.807) is 42.5 Å². The largest absolute Gasteiger partial charge is 0.367 e. The van der Waals surface area contributed by atoms with Crippen LogP contribution in [0.2, 0.25) is 10.0 Å².